The highest BCUT2D eigenvalue weighted by Crippen LogP contribution is 2.30. The van der Waals surface area contributed by atoms with Crippen LogP contribution in [0, 0.1) is 0 Å². The molecule has 1 fully saturated rings. The van der Waals surface area contributed by atoms with Crippen LogP contribution in [0.5, 0.6) is 5.75 Å². The van der Waals surface area contributed by atoms with Crippen molar-refractivity contribution < 1.29 is 39.7 Å². The largest absolute Gasteiger partial charge is 0.462 e. The predicted octanol–water partition coefficient (Wildman–Crippen LogP) is 1.70. The van der Waals surface area contributed by atoms with Crippen molar-refractivity contribution in [1.82, 2.24) is 0 Å². The fourth-order valence-electron chi connectivity index (χ4n) is 3.97. The number of hydrogen-bond acceptors (Lipinski definition) is 8. The SMILES string of the molecule is C=CCc1ccc(OC2OC(C(O)CCCO)C(O)C(O)C2OC(CCO)CCCC)cc1. The van der Waals surface area contributed by atoms with Gasteiger partial charge in [-0.1, -0.05) is 38.0 Å². The highest BCUT2D eigenvalue weighted by atomic mass is 16.7. The zero-order valence-corrected chi connectivity index (χ0v) is 19.5. The normalized spacial score (nSPS) is 27.2. The Labute approximate surface area is 196 Å². The van der Waals surface area contributed by atoms with E-state index in [1.165, 1.54) is 0 Å². The van der Waals surface area contributed by atoms with Crippen LogP contribution in [0.4, 0.5) is 0 Å². The van der Waals surface area contributed by atoms with Gasteiger partial charge in [-0.15, -0.1) is 6.58 Å². The molecule has 1 aliphatic heterocycles. The fourth-order valence-corrected chi connectivity index (χ4v) is 3.97. The second-order valence-electron chi connectivity index (χ2n) is 8.52. The Morgan fingerprint density at radius 2 is 1.76 bits per heavy atom. The van der Waals surface area contributed by atoms with E-state index in [-0.39, 0.29) is 25.7 Å². The van der Waals surface area contributed by atoms with E-state index in [0.717, 1.165) is 24.8 Å². The molecule has 0 bridgehead atoms. The molecule has 33 heavy (non-hydrogen) atoms. The summed E-state index contributed by atoms with van der Waals surface area (Å²) in [5, 5.41) is 50.6. The van der Waals surface area contributed by atoms with E-state index in [9.17, 15) is 20.4 Å². The molecule has 0 saturated carbocycles. The summed E-state index contributed by atoms with van der Waals surface area (Å²) in [6, 6.07) is 7.33. The van der Waals surface area contributed by atoms with Crippen molar-refractivity contribution in [2.75, 3.05) is 13.2 Å². The van der Waals surface area contributed by atoms with Gasteiger partial charge in [-0.05, 0) is 49.8 Å². The molecule has 1 aromatic carbocycles. The maximum Gasteiger partial charge on any atom is 0.229 e. The molecule has 0 radical (unpaired) electrons. The number of rotatable bonds is 15. The lowest BCUT2D eigenvalue weighted by Crippen LogP contribution is -2.63. The minimum absolute atomic E-state index is 0.0700. The number of ether oxygens (including phenoxy) is 3. The molecule has 1 aliphatic rings. The monoisotopic (exact) mass is 468 g/mol. The molecular weight excluding hydrogens is 428 g/mol. The minimum atomic E-state index is -1.40. The van der Waals surface area contributed by atoms with Crippen molar-refractivity contribution in [3.63, 3.8) is 0 Å². The highest BCUT2D eigenvalue weighted by Gasteiger charge is 2.49. The van der Waals surface area contributed by atoms with Crippen LogP contribution < -0.4 is 4.74 Å². The smallest absolute Gasteiger partial charge is 0.229 e. The van der Waals surface area contributed by atoms with E-state index >= 15 is 0 Å². The number of hydrogen-bond donors (Lipinski definition) is 5. The van der Waals surface area contributed by atoms with Crippen molar-refractivity contribution in [2.45, 2.75) is 94.8 Å². The standard InChI is InChI=1S/C25H40O8/c1-3-5-8-18(14-16-27)31-24-22(30)21(29)23(20(28)9-6-15-26)33-25(24)32-19-12-10-17(7-4-2)11-13-19/h4,10-13,18,20-30H,2-3,5-9,14-16H2,1H3. The fraction of sp³-hybridized carbons (Fsp3) is 0.680. The summed E-state index contributed by atoms with van der Waals surface area (Å²) in [7, 11) is 0. The van der Waals surface area contributed by atoms with Gasteiger partial charge in [0.05, 0.1) is 12.2 Å². The first-order chi connectivity index (χ1) is 15.9. The molecule has 188 valence electrons. The van der Waals surface area contributed by atoms with Gasteiger partial charge >= 0.3 is 0 Å². The van der Waals surface area contributed by atoms with Crippen LogP contribution in [-0.4, -0.2) is 81.7 Å². The summed E-state index contributed by atoms with van der Waals surface area (Å²) < 4.78 is 18.1. The van der Waals surface area contributed by atoms with Gasteiger partial charge in [0.1, 0.15) is 30.2 Å². The van der Waals surface area contributed by atoms with E-state index in [0.29, 0.717) is 25.0 Å². The van der Waals surface area contributed by atoms with Crippen LogP contribution in [-0.2, 0) is 15.9 Å². The van der Waals surface area contributed by atoms with Crippen LogP contribution in [0.3, 0.4) is 0 Å². The number of aliphatic hydroxyl groups excluding tert-OH is 5. The van der Waals surface area contributed by atoms with E-state index in [2.05, 4.69) is 13.5 Å². The molecule has 2 rings (SSSR count). The van der Waals surface area contributed by atoms with E-state index < -0.39 is 36.8 Å². The van der Waals surface area contributed by atoms with Gasteiger partial charge in [0.15, 0.2) is 0 Å². The molecule has 8 nitrogen and oxygen atoms in total. The summed E-state index contributed by atoms with van der Waals surface area (Å²) in [6.07, 6.45) is -1.50. The van der Waals surface area contributed by atoms with Crippen molar-refractivity contribution in [3.05, 3.63) is 42.5 Å². The lowest BCUT2D eigenvalue weighted by Gasteiger charge is -2.44. The molecule has 5 N–H and O–H groups in total. The molecule has 0 aliphatic carbocycles. The molecule has 0 aromatic heterocycles. The number of unbranched alkanes of at least 4 members (excludes halogenated alkanes) is 1. The van der Waals surface area contributed by atoms with Crippen molar-refractivity contribution in [1.29, 1.82) is 0 Å². The van der Waals surface area contributed by atoms with Crippen LogP contribution >= 0.6 is 0 Å². The lowest BCUT2D eigenvalue weighted by molar-refractivity contribution is -0.305. The predicted molar refractivity (Wildman–Crippen MR) is 124 cm³/mol. The summed E-state index contributed by atoms with van der Waals surface area (Å²) in [4.78, 5) is 0. The number of benzene rings is 1. The first kappa shape index (κ1) is 27.7. The Morgan fingerprint density at radius 1 is 1.03 bits per heavy atom. The third-order valence-electron chi connectivity index (χ3n) is 5.86. The Bertz CT molecular complexity index is 667. The van der Waals surface area contributed by atoms with Crippen LogP contribution in [0.15, 0.2) is 36.9 Å². The average Bonchev–Trinajstić information content (AvgIpc) is 2.81. The van der Waals surface area contributed by atoms with Gasteiger partial charge in [-0.3, -0.25) is 0 Å². The first-order valence-corrected chi connectivity index (χ1v) is 11.9. The third kappa shape index (κ3) is 8.33. The quantitative estimate of drug-likeness (QED) is 0.246. The first-order valence-electron chi connectivity index (χ1n) is 11.9. The third-order valence-corrected chi connectivity index (χ3v) is 5.86. The Balaban J connectivity index is 2.23. The summed E-state index contributed by atoms with van der Waals surface area (Å²) >= 11 is 0. The van der Waals surface area contributed by atoms with Crippen LogP contribution in [0.2, 0.25) is 0 Å². The Kier molecular flexibility index (Phi) is 12.3. The van der Waals surface area contributed by atoms with Crippen molar-refractivity contribution in [2.24, 2.45) is 0 Å². The molecule has 7 unspecified atom stereocenters. The van der Waals surface area contributed by atoms with Crippen molar-refractivity contribution in [3.8, 4) is 5.75 Å². The zero-order chi connectivity index (χ0) is 24.2. The van der Waals surface area contributed by atoms with E-state index in [1.54, 1.807) is 18.2 Å². The molecular formula is C25H40O8. The topological polar surface area (TPSA) is 129 Å². The van der Waals surface area contributed by atoms with Crippen LogP contribution in [0.25, 0.3) is 0 Å². The second kappa shape index (κ2) is 14.7. The van der Waals surface area contributed by atoms with E-state index in [1.807, 2.05) is 12.1 Å². The Hall–Kier alpha value is -1.52. The molecule has 1 saturated heterocycles. The molecule has 8 heteroatoms. The summed E-state index contributed by atoms with van der Waals surface area (Å²) in [6.45, 7) is 5.61. The number of allylic oxidation sites excluding steroid dienone is 1. The van der Waals surface area contributed by atoms with Crippen LogP contribution in [0.1, 0.15) is 51.0 Å². The van der Waals surface area contributed by atoms with E-state index in [4.69, 9.17) is 19.3 Å². The minimum Gasteiger partial charge on any atom is -0.462 e. The van der Waals surface area contributed by atoms with Gasteiger partial charge in [0, 0.05) is 13.2 Å². The average molecular weight is 469 g/mol. The molecule has 7 atom stereocenters. The second-order valence-corrected chi connectivity index (χ2v) is 8.52. The molecule has 1 heterocycles. The number of aliphatic hydroxyl groups is 5. The molecule has 1 aromatic rings. The summed E-state index contributed by atoms with van der Waals surface area (Å²) in [5.41, 5.74) is 1.06. The Morgan fingerprint density at radius 3 is 2.36 bits per heavy atom. The maximum absolute atomic E-state index is 10.9. The maximum atomic E-state index is 10.9. The zero-order valence-electron chi connectivity index (χ0n) is 19.5. The lowest BCUT2D eigenvalue weighted by atomic mass is 9.93. The van der Waals surface area contributed by atoms with Gasteiger partial charge in [-0.2, -0.15) is 0 Å². The highest BCUT2D eigenvalue weighted by molar-refractivity contribution is 5.28. The van der Waals surface area contributed by atoms with Crippen molar-refractivity contribution >= 4 is 0 Å². The summed E-state index contributed by atoms with van der Waals surface area (Å²) in [5.74, 6) is 0.487. The van der Waals surface area contributed by atoms with Gasteiger partial charge < -0.3 is 39.7 Å². The van der Waals surface area contributed by atoms with Gasteiger partial charge in [0.2, 0.25) is 6.29 Å². The van der Waals surface area contributed by atoms with Gasteiger partial charge in [0.25, 0.3) is 0 Å². The molecule has 0 amide bonds. The van der Waals surface area contributed by atoms with Gasteiger partial charge in [-0.25, -0.2) is 0 Å². The molecule has 0 spiro atoms.